The van der Waals surface area contributed by atoms with Gasteiger partial charge in [0.25, 0.3) is 0 Å². The molecular weight excluding hydrogens is 283 g/mol. The largest absolute Gasteiger partial charge is 0.573 e. The Bertz CT molecular complexity index is 565. The molecular formula is C15H14F3NO2. The Hall–Kier alpha value is -2.21. The molecule has 0 radical (unpaired) electrons. The monoisotopic (exact) mass is 297 g/mol. The molecule has 0 fully saturated rings. The number of hydrogen-bond donors (Lipinski definition) is 2. The maximum Gasteiger partial charge on any atom is 0.573 e. The van der Waals surface area contributed by atoms with E-state index in [1.807, 2.05) is 12.1 Å². The zero-order chi connectivity index (χ0) is 15.3. The van der Waals surface area contributed by atoms with Crippen LogP contribution in [0.15, 0.2) is 48.5 Å². The van der Waals surface area contributed by atoms with Crippen molar-refractivity contribution in [2.45, 2.75) is 19.5 Å². The third kappa shape index (κ3) is 5.00. The molecule has 3 nitrogen and oxygen atoms in total. The Morgan fingerprint density at radius 1 is 0.905 bits per heavy atom. The molecule has 0 aliphatic heterocycles. The molecule has 2 N–H and O–H groups in total. The summed E-state index contributed by atoms with van der Waals surface area (Å²) >= 11 is 0. The van der Waals surface area contributed by atoms with E-state index in [0.717, 1.165) is 16.8 Å². The second-order valence-electron chi connectivity index (χ2n) is 4.40. The topological polar surface area (TPSA) is 41.5 Å². The summed E-state index contributed by atoms with van der Waals surface area (Å²) in [5.74, 6) is -0.237. The molecule has 0 aliphatic carbocycles. The Morgan fingerprint density at radius 3 is 2.00 bits per heavy atom. The van der Waals surface area contributed by atoms with E-state index in [2.05, 4.69) is 10.1 Å². The lowest BCUT2D eigenvalue weighted by Crippen LogP contribution is -2.17. The summed E-state index contributed by atoms with van der Waals surface area (Å²) in [6.07, 6.45) is -4.67. The molecule has 2 aromatic rings. The molecule has 0 aliphatic rings. The molecule has 0 saturated heterocycles. The van der Waals surface area contributed by atoms with E-state index < -0.39 is 6.36 Å². The van der Waals surface area contributed by atoms with Gasteiger partial charge in [-0.3, -0.25) is 0 Å². The first-order chi connectivity index (χ1) is 9.96. The Labute approximate surface area is 120 Å². The minimum absolute atomic E-state index is 0.0129. The molecule has 6 heteroatoms. The van der Waals surface area contributed by atoms with Crippen LogP contribution in [0.3, 0.4) is 0 Å². The fourth-order valence-electron chi connectivity index (χ4n) is 1.74. The van der Waals surface area contributed by atoms with Gasteiger partial charge >= 0.3 is 6.36 Å². The summed E-state index contributed by atoms with van der Waals surface area (Å²) in [7, 11) is 0. The van der Waals surface area contributed by atoms with Crippen molar-refractivity contribution in [3.8, 4) is 5.75 Å². The van der Waals surface area contributed by atoms with Gasteiger partial charge in [0.2, 0.25) is 0 Å². The van der Waals surface area contributed by atoms with Gasteiger partial charge in [-0.15, -0.1) is 13.2 Å². The van der Waals surface area contributed by atoms with Gasteiger partial charge in [-0.1, -0.05) is 24.3 Å². The number of aliphatic hydroxyl groups is 1. The van der Waals surface area contributed by atoms with Gasteiger partial charge in [-0.05, 0) is 35.4 Å². The number of anilines is 1. The number of ether oxygens (including phenoxy) is 1. The van der Waals surface area contributed by atoms with Crippen LogP contribution < -0.4 is 10.1 Å². The summed E-state index contributed by atoms with van der Waals surface area (Å²) in [5.41, 5.74) is 2.51. The quantitative estimate of drug-likeness (QED) is 0.884. The Morgan fingerprint density at radius 2 is 1.48 bits per heavy atom. The average molecular weight is 297 g/mol. The van der Waals surface area contributed by atoms with Crippen LogP contribution in [0.2, 0.25) is 0 Å². The fourth-order valence-corrected chi connectivity index (χ4v) is 1.74. The van der Waals surface area contributed by atoms with Crippen LogP contribution in [0.5, 0.6) is 5.75 Å². The summed E-state index contributed by atoms with van der Waals surface area (Å²) in [6.45, 7) is 0.464. The first-order valence-electron chi connectivity index (χ1n) is 6.24. The van der Waals surface area contributed by atoms with Gasteiger partial charge in [-0.2, -0.15) is 0 Å². The van der Waals surface area contributed by atoms with Crippen molar-refractivity contribution < 1.29 is 23.0 Å². The number of alkyl halides is 3. The molecule has 112 valence electrons. The maximum atomic E-state index is 12.0. The van der Waals surface area contributed by atoms with E-state index in [0.29, 0.717) is 6.54 Å². The van der Waals surface area contributed by atoms with Crippen LogP contribution in [0.4, 0.5) is 18.9 Å². The summed E-state index contributed by atoms with van der Waals surface area (Å²) in [5, 5.41) is 12.1. The van der Waals surface area contributed by atoms with Gasteiger partial charge in [0.05, 0.1) is 6.61 Å². The van der Waals surface area contributed by atoms with Crippen LogP contribution in [-0.2, 0) is 13.2 Å². The average Bonchev–Trinajstić information content (AvgIpc) is 2.45. The van der Waals surface area contributed by atoms with E-state index >= 15 is 0 Å². The van der Waals surface area contributed by atoms with Crippen LogP contribution in [0, 0.1) is 0 Å². The summed E-state index contributed by atoms with van der Waals surface area (Å²) in [4.78, 5) is 0. The lowest BCUT2D eigenvalue weighted by Gasteiger charge is -2.10. The van der Waals surface area contributed by atoms with Crippen LogP contribution in [0.25, 0.3) is 0 Å². The standard InChI is InChI=1S/C15H14F3NO2/c16-15(17,18)21-14-7-3-11(4-8-14)9-19-13-5-1-12(10-20)2-6-13/h1-8,19-20H,9-10H2. The predicted octanol–water partition coefficient (Wildman–Crippen LogP) is 3.69. The van der Waals surface area contributed by atoms with E-state index in [4.69, 9.17) is 5.11 Å². The van der Waals surface area contributed by atoms with Gasteiger partial charge in [0, 0.05) is 12.2 Å². The van der Waals surface area contributed by atoms with Gasteiger partial charge < -0.3 is 15.2 Å². The molecule has 0 atom stereocenters. The molecule has 0 saturated carbocycles. The molecule has 2 rings (SSSR count). The number of benzene rings is 2. The molecule has 0 aromatic heterocycles. The second-order valence-corrected chi connectivity index (χ2v) is 4.40. The maximum absolute atomic E-state index is 12.0. The van der Waals surface area contributed by atoms with Crippen molar-refractivity contribution in [3.63, 3.8) is 0 Å². The molecule has 0 unspecified atom stereocenters. The molecule has 0 bridgehead atoms. The number of aliphatic hydroxyl groups excluding tert-OH is 1. The molecule has 21 heavy (non-hydrogen) atoms. The van der Waals surface area contributed by atoms with Gasteiger partial charge in [0.1, 0.15) is 5.75 Å². The number of nitrogens with one attached hydrogen (secondary N) is 1. The molecule has 2 aromatic carbocycles. The van der Waals surface area contributed by atoms with Crippen LogP contribution >= 0.6 is 0 Å². The minimum atomic E-state index is -4.67. The lowest BCUT2D eigenvalue weighted by atomic mass is 10.2. The third-order valence-electron chi connectivity index (χ3n) is 2.79. The first-order valence-corrected chi connectivity index (χ1v) is 6.24. The van der Waals surface area contributed by atoms with Crippen molar-refractivity contribution >= 4 is 5.69 Å². The highest BCUT2D eigenvalue weighted by Crippen LogP contribution is 2.23. The highest BCUT2D eigenvalue weighted by molar-refractivity contribution is 5.45. The summed E-state index contributed by atoms with van der Waals surface area (Å²) < 4.78 is 39.9. The number of halogens is 3. The van der Waals surface area contributed by atoms with Crippen molar-refractivity contribution in [2.75, 3.05) is 5.32 Å². The fraction of sp³-hybridized carbons (Fsp3) is 0.200. The second kappa shape index (κ2) is 6.49. The minimum Gasteiger partial charge on any atom is -0.406 e. The Balaban J connectivity index is 1.91. The predicted molar refractivity (Wildman–Crippen MR) is 72.8 cm³/mol. The third-order valence-corrected chi connectivity index (χ3v) is 2.79. The van der Waals surface area contributed by atoms with Crippen LogP contribution in [-0.4, -0.2) is 11.5 Å². The smallest absolute Gasteiger partial charge is 0.406 e. The SMILES string of the molecule is OCc1ccc(NCc2ccc(OC(F)(F)F)cc2)cc1. The molecule has 0 heterocycles. The van der Waals surface area contributed by atoms with E-state index in [1.54, 1.807) is 24.3 Å². The van der Waals surface area contributed by atoms with E-state index in [1.165, 1.54) is 12.1 Å². The Kier molecular flexibility index (Phi) is 4.70. The van der Waals surface area contributed by atoms with Crippen LogP contribution in [0.1, 0.15) is 11.1 Å². The van der Waals surface area contributed by atoms with Gasteiger partial charge in [-0.25, -0.2) is 0 Å². The molecule has 0 spiro atoms. The van der Waals surface area contributed by atoms with Gasteiger partial charge in [0.15, 0.2) is 0 Å². The first kappa shape index (κ1) is 15.2. The van der Waals surface area contributed by atoms with Crippen molar-refractivity contribution in [1.29, 1.82) is 0 Å². The zero-order valence-electron chi connectivity index (χ0n) is 11.0. The zero-order valence-corrected chi connectivity index (χ0v) is 11.0. The van der Waals surface area contributed by atoms with Crippen molar-refractivity contribution in [1.82, 2.24) is 0 Å². The lowest BCUT2D eigenvalue weighted by molar-refractivity contribution is -0.274. The van der Waals surface area contributed by atoms with Crippen molar-refractivity contribution in [2.24, 2.45) is 0 Å². The number of hydrogen-bond acceptors (Lipinski definition) is 3. The van der Waals surface area contributed by atoms with E-state index in [9.17, 15) is 13.2 Å². The normalized spacial score (nSPS) is 11.2. The van der Waals surface area contributed by atoms with E-state index in [-0.39, 0.29) is 12.4 Å². The highest BCUT2D eigenvalue weighted by atomic mass is 19.4. The van der Waals surface area contributed by atoms with Crippen molar-refractivity contribution in [3.05, 3.63) is 59.7 Å². The molecule has 0 amide bonds. The number of rotatable bonds is 5. The summed E-state index contributed by atoms with van der Waals surface area (Å²) in [6, 6.07) is 12.9. The highest BCUT2D eigenvalue weighted by Gasteiger charge is 2.30.